The fourth-order valence-electron chi connectivity index (χ4n) is 8.46. The van der Waals surface area contributed by atoms with Crippen molar-refractivity contribution in [2.75, 3.05) is 0 Å². The molecule has 4 aromatic heterocycles. The van der Waals surface area contributed by atoms with Crippen molar-refractivity contribution >= 4 is 75.3 Å². The molecule has 0 aliphatic carbocycles. The molecule has 12 aromatic rings. The first-order valence-corrected chi connectivity index (χ1v) is 19.8. The van der Waals surface area contributed by atoms with Crippen molar-refractivity contribution in [3.05, 3.63) is 182 Å². The van der Waals surface area contributed by atoms with Gasteiger partial charge in [0.25, 0.3) is 0 Å². The first-order chi connectivity index (χ1) is 28.2. The highest BCUT2D eigenvalue weighted by Crippen LogP contribution is 2.42. The van der Waals surface area contributed by atoms with Crippen LogP contribution in [0.25, 0.3) is 115 Å². The Kier molecular flexibility index (Phi) is 7.03. The van der Waals surface area contributed by atoms with Crippen LogP contribution in [0.15, 0.2) is 186 Å². The Morgan fingerprint density at radius 3 is 1.79 bits per heavy atom. The molecule has 0 radical (unpaired) electrons. The minimum Gasteiger partial charge on any atom is -0.456 e. The molecule has 0 saturated carbocycles. The number of fused-ring (bicyclic) bond motifs is 9. The van der Waals surface area contributed by atoms with Gasteiger partial charge >= 0.3 is 0 Å². The number of rotatable bonds is 5. The van der Waals surface area contributed by atoms with Crippen molar-refractivity contribution in [1.82, 2.24) is 19.5 Å². The standard InChI is InChI=1S/C51H30N4OS/c1-3-13-31(14-4-1)35-19-11-20-39-38-27-25-33(29-46(38)57-48(35)39)50-52-49(32-15-5-2-6-16-32)53-51(54-50)41-21-12-24-44-47(41)40-28-26-34(30-45(40)56-44)55-42-22-9-7-17-36(42)37-18-8-10-23-43(37)55/h1-30H. The van der Waals surface area contributed by atoms with Gasteiger partial charge in [0.1, 0.15) is 11.2 Å². The number of furan rings is 1. The molecule has 0 unspecified atom stereocenters. The van der Waals surface area contributed by atoms with Gasteiger partial charge in [0.15, 0.2) is 17.5 Å². The maximum Gasteiger partial charge on any atom is 0.164 e. The van der Waals surface area contributed by atoms with Crippen LogP contribution in [0.5, 0.6) is 0 Å². The fraction of sp³-hybridized carbons (Fsp3) is 0. The van der Waals surface area contributed by atoms with Gasteiger partial charge in [0, 0.05) is 70.2 Å². The first kappa shape index (κ1) is 31.9. The predicted octanol–water partition coefficient (Wildman–Crippen LogP) is 13.9. The molecule has 0 amide bonds. The number of thiophene rings is 1. The summed E-state index contributed by atoms with van der Waals surface area (Å²) in [7, 11) is 0. The van der Waals surface area contributed by atoms with Crippen LogP contribution >= 0.6 is 11.3 Å². The second-order valence-corrected chi connectivity index (χ2v) is 15.4. The molecule has 6 heteroatoms. The van der Waals surface area contributed by atoms with Crippen molar-refractivity contribution in [3.8, 4) is 51.0 Å². The smallest absolute Gasteiger partial charge is 0.164 e. The van der Waals surface area contributed by atoms with Crippen LogP contribution in [-0.2, 0) is 0 Å². The second-order valence-electron chi connectivity index (χ2n) is 14.4. The fourth-order valence-corrected chi connectivity index (χ4v) is 9.74. The van der Waals surface area contributed by atoms with Crippen molar-refractivity contribution in [2.45, 2.75) is 0 Å². The highest BCUT2D eigenvalue weighted by atomic mass is 32.1. The Morgan fingerprint density at radius 2 is 1.02 bits per heavy atom. The van der Waals surface area contributed by atoms with Crippen LogP contribution in [0, 0.1) is 0 Å². The Bertz CT molecular complexity index is 3470. The number of hydrogen-bond donors (Lipinski definition) is 0. The lowest BCUT2D eigenvalue weighted by atomic mass is 10.0. The van der Waals surface area contributed by atoms with Crippen LogP contribution in [0.1, 0.15) is 0 Å². The summed E-state index contributed by atoms with van der Waals surface area (Å²) >= 11 is 1.81. The SMILES string of the molecule is c1ccc(-c2nc(-c3ccc4c(c3)sc3c(-c5ccccc5)cccc34)nc(-c3cccc4oc5cc(-n6c7ccccc7c7ccccc76)ccc5c34)n2)cc1. The van der Waals surface area contributed by atoms with E-state index in [0.717, 1.165) is 55.3 Å². The molecule has 0 saturated heterocycles. The number of para-hydroxylation sites is 2. The largest absolute Gasteiger partial charge is 0.456 e. The minimum atomic E-state index is 0.599. The molecular weight excluding hydrogens is 717 g/mol. The van der Waals surface area contributed by atoms with Crippen molar-refractivity contribution < 1.29 is 4.42 Å². The van der Waals surface area contributed by atoms with E-state index in [1.165, 1.54) is 42.1 Å². The summed E-state index contributed by atoms with van der Waals surface area (Å²) < 4.78 is 11.4. The number of hydrogen-bond acceptors (Lipinski definition) is 5. The number of aromatic nitrogens is 4. The van der Waals surface area contributed by atoms with E-state index in [9.17, 15) is 0 Å². The molecular formula is C51H30N4OS. The van der Waals surface area contributed by atoms with Gasteiger partial charge in [0.2, 0.25) is 0 Å². The topological polar surface area (TPSA) is 56.7 Å². The van der Waals surface area contributed by atoms with Crippen LogP contribution in [-0.4, -0.2) is 19.5 Å². The molecule has 8 aromatic carbocycles. The van der Waals surface area contributed by atoms with E-state index in [-0.39, 0.29) is 0 Å². The van der Waals surface area contributed by atoms with E-state index >= 15 is 0 Å². The molecule has 5 nitrogen and oxygen atoms in total. The Hall–Kier alpha value is -7.41. The maximum absolute atomic E-state index is 6.64. The average molecular weight is 747 g/mol. The van der Waals surface area contributed by atoms with Crippen LogP contribution < -0.4 is 0 Å². The number of nitrogens with zero attached hydrogens (tertiary/aromatic N) is 4. The first-order valence-electron chi connectivity index (χ1n) is 19.0. The zero-order valence-electron chi connectivity index (χ0n) is 30.4. The van der Waals surface area contributed by atoms with Gasteiger partial charge in [0.05, 0.1) is 11.0 Å². The number of benzene rings is 8. The van der Waals surface area contributed by atoms with Gasteiger partial charge in [-0.05, 0) is 47.5 Å². The molecule has 0 bridgehead atoms. The summed E-state index contributed by atoms with van der Waals surface area (Å²) in [5.41, 5.74) is 10.2. The van der Waals surface area contributed by atoms with Gasteiger partial charge in [-0.3, -0.25) is 0 Å². The maximum atomic E-state index is 6.64. The summed E-state index contributed by atoms with van der Waals surface area (Å²) in [4.78, 5) is 15.5. The molecule has 4 heterocycles. The lowest BCUT2D eigenvalue weighted by Gasteiger charge is -2.10. The third-order valence-electron chi connectivity index (χ3n) is 11.1. The molecule has 0 N–H and O–H groups in total. The van der Waals surface area contributed by atoms with Gasteiger partial charge in [-0.2, -0.15) is 0 Å². The lowest BCUT2D eigenvalue weighted by molar-refractivity contribution is 0.668. The molecule has 12 rings (SSSR count). The summed E-state index contributed by atoms with van der Waals surface area (Å²) in [6, 6.07) is 63.7. The summed E-state index contributed by atoms with van der Waals surface area (Å²) in [5, 5.41) is 6.92. The molecule has 0 spiro atoms. The summed E-state index contributed by atoms with van der Waals surface area (Å²) in [6.45, 7) is 0. The third-order valence-corrected chi connectivity index (χ3v) is 12.3. The Morgan fingerprint density at radius 1 is 0.404 bits per heavy atom. The molecule has 0 atom stereocenters. The van der Waals surface area contributed by atoms with E-state index in [0.29, 0.717) is 17.5 Å². The third kappa shape index (κ3) is 5.04. The predicted molar refractivity (Wildman–Crippen MR) is 236 cm³/mol. The molecule has 266 valence electrons. The van der Waals surface area contributed by atoms with Crippen molar-refractivity contribution in [1.29, 1.82) is 0 Å². The van der Waals surface area contributed by atoms with Gasteiger partial charge in [-0.25, -0.2) is 15.0 Å². The van der Waals surface area contributed by atoms with E-state index in [1.54, 1.807) is 0 Å². The zero-order chi connectivity index (χ0) is 37.5. The molecule has 0 aliphatic heterocycles. The second kappa shape index (κ2) is 12.6. The molecule has 57 heavy (non-hydrogen) atoms. The van der Waals surface area contributed by atoms with Crippen LogP contribution in [0.4, 0.5) is 0 Å². The highest BCUT2D eigenvalue weighted by molar-refractivity contribution is 7.26. The average Bonchev–Trinajstić information content (AvgIpc) is 3.96. The van der Waals surface area contributed by atoms with Crippen molar-refractivity contribution in [2.24, 2.45) is 0 Å². The van der Waals surface area contributed by atoms with E-state index in [4.69, 9.17) is 19.4 Å². The van der Waals surface area contributed by atoms with Crippen LogP contribution in [0.3, 0.4) is 0 Å². The molecule has 0 fully saturated rings. The monoisotopic (exact) mass is 746 g/mol. The van der Waals surface area contributed by atoms with Crippen LogP contribution in [0.2, 0.25) is 0 Å². The Labute approximate surface area is 330 Å². The summed E-state index contributed by atoms with van der Waals surface area (Å²) in [5.74, 6) is 1.85. The lowest BCUT2D eigenvalue weighted by Crippen LogP contribution is -2.00. The highest BCUT2D eigenvalue weighted by Gasteiger charge is 2.20. The quantitative estimate of drug-likeness (QED) is 0.176. The van der Waals surface area contributed by atoms with Gasteiger partial charge in [-0.1, -0.05) is 140 Å². The van der Waals surface area contributed by atoms with E-state index in [2.05, 4.69) is 144 Å². The normalized spacial score (nSPS) is 11.9. The minimum absolute atomic E-state index is 0.599. The zero-order valence-corrected chi connectivity index (χ0v) is 31.2. The molecule has 0 aliphatic rings. The van der Waals surface area contributed by atoms with Gasteiger partial charge in [-0.15, -0.1) is 11.3 Å². The summed E-state index contributed by atoms with van der Waals surface area (Å²) in [6.07, 6.45) is 0. The van der Waals surface area contributed by atoms with E-state index in [1.807, 2.05) is 53.8 Å². The van der Waals surface area contributed by atoms with Gasteiger partial charge < -0.3 is 8.98 Å². The van der Waals surface area contributed by atoms with E-state index < -0.39 is 0 Å². The Balaban J connectivity index is 1.03. The van der Waals surface area contributed by atoms with Crippen molar-refractivity contribution in [3.63, 3.8) is 0 Å².